The van der Waals surface area contributed by atoms with E-state index in [4.69, 9.17) is 14.0 Å². The number of carbonyl (C=O) groups is 2. The van der Waals surface area contributed by atoms with Crippen molar-refractivity contribution < 1.29 is 33.4 Å². The number of amides is 2. The van der Waals surface area contributed by atoms with Gasteiger partial charge in [-0.2, -0.15) is 0 Å². The monoisotopic (exact) mass is 564 g/mol. The quantitative estimate of drug-likeness (QED) is 0.340. The average molecular weight is 564 g/mol. The van der Waals surface area contributed by atoms with Crippen molar-refractivity contribution in [1.82, 2.24) is 10.2 Å². The van der Waals surface area contributed by atoms with Gasteiger partial charge in [0, 0.05) is 27.9 Å². The average Bonchev–Trinajstić information content (AvgIpc) is 3.18. The van der Waals surface area contributed by atoms with Gasteiger partial charge in [0.25, 0.3) is 11.6 Å². The van der Waals surface area contributed by atoms with E-state index in [0.717, 1.165) is 3.57 Å². The number of anilines is 1. The molecule has 1 saturated heterocycles. The zero-order chi connectivity index (χ0) is 23.4. The van der Waals surface area contributed by atoms with Crippen molar-refractivity contribution in [2.24, 2.45) is 0 Å². The molecule has 2 amide bonds. The molecule has 0 aliphatic carbocycles. The third kappa shape index (κ3) is 5.42. The summed E-state index contributed by atoms with van der Waals surface area (Å²) in [5.74, 6) is -0.695. The number of benzene rings is 2. The van der Waals surface area contributed by atoms with Gasteiger partial charge in [-0.3, -0.25) is 9.59 Å². The van der Waals surface area contributed by atoms with Gasteiger partial charge in [0.15, 0.2) is 5.95 Å². The van der Waals surface area contributed by atoms with Crippen LogP contribution in [0.15, 0.2) is 53.1 Å². The molecule has 0 spiro atoms. The molecule has 11 heteroatoms. The van der Waals surface area contributed by atoms with Crippen LogP contribution in [-0.2, 0) is 20.9 Å². The highest BCUT2D eigenvalue weighted by Crippen LogP contribution is 2.19. The second-order valence-corrected chi connectivity index (χ2v) is 8.54. The van der Waals surface area contributed by atoms with Crippen molar-refractivity contribution >= 4 is 40.1 Å². The highest BCUT2D eigenvalue weighted by molar-refractivity contribution is 14.1. The van der Waals surface area contributed by atoms with Crippen LogP contribution >= 0.6 is 22.6 Å². The lowest BCUT2D eigenvalue weighted by molar-refractivity contribution is -0.678. The molecule has 2 aromatic carbocycles. The van der Waals surface area contributed by atoms with Crippen LogP contribution in [0, 0.1) is 3.57 Å². The van der Waals surface area contributed by atoms with Crippen LogP contribution in [0.1, 0.15) is 12.1 Å². The first kappa shape index (κ1) is 23.0. The molecular formula is C22H21IN4O6. The molecule has 2 heterocycles. The molecule has 1 atom stereocenters. The number of morpholine rings is 1. The Morgan fingerprint density at radius 1 is 1.27 bits per heavy atom. The molecule has 0 saturated carbocycles. The number of nitrogens with zero attached hydrogens (tertiary/aromatic N) is 3. The molecule has 1 fully saturated rings. The molecular weight excluding hydrogens is 543 g/mol. The molecule has 3 aromatic rings. The summed E-state index contributed by atoms with van der Waals surface area (Å²) < 4.78 is 17.9. The molecule has 1 aliphatic heterocycles. The molecule has 0 radical (unpaired) electrons. The minimum Gasteiger partial charge on any atom is -0.539 e. The lowest BCUT2D eigenvalue weighted by Gasteiger charge is -2.31. The third-order valence-corrected chi connectivity index (χ3v) is 5.84. The first-order valence-electron chi connectivity index (χ1n) is 10.1. The Hall–Kier alpha value is -3.19. The van der Waals surface area contributed by atoms with Crippen molar-refractivity contribution in [2.75, 3.05) is 25.6 Å². The van der Waals surface area contributed by atoms with E-state index in [1.54, 1.807) is 43.5 Å². The van der Waals surface area contributed by atoms with E-state index >= 15 is 0 Å². The highest BCUT2D eigenvalue weighted by Gasteiger charge is 2.34. The fraction of sp³-hybridized carbons (Fsp3) is 0.273. The molecule has 1 aromatic heterocycles. The molecule has 4 rings (SSSR count). The maximum absolute atomic E-state index is 13.0. The van der Waals surface area contributed by atoms with E-state index in [-0.39, 0.29) is 43.6 Å². The minimum atomic E-state index is -0.938. The predicted octanol–water partition coefficient (Wildman–Crippen LogP) is 1.39. The second-order valence-electron chi connectivity index (χ2n) is 7.30. The Labute approximate surface area is 203 Å². The van der Waals surface area contributed by atoms with Crippen LogP contribution in [-0.4, -0.2) is 48.4 Å². The number of hydrogen-bond acceptors (Lipinski definition) is 7. The van der Waals surface area contributed by atoms with E-state index in [0.29, 0.717) is 17.1 Å². The number of halogens is 1. The lowest BCUT2D eigenvalue weighted by Crippen LogP contribution is -2.50. The molecule has 172 valence electrons. The van der Waals surface area contributed by atoms with Gasteiger partial charge in [0.2, 0.25) is 11.6 Å². The van der Waals surface area contributed by atoms with Gasteiger partial charge in [0.1, 0.15) is 18.4 Å². The Morgan fingerprint density at radius 3 is 2.70 bits per heavy atom. The van der Waals surface area contributed by atoms with Gasteiger partial charge >= 0.3 is 0 Å². The molecule has 33 heavy (non-hydrogen) atoms. The van der Waals surface area contributed by atoms with Crippen molar-refractivity contribution in [3.63, 3.8) is 0 Å². The van der Waals surface area contributed by atoms with E-state index in [2.05, 4.69) is 33.2 Å². The van der Waals surface area contributed by atoms with Crippen LogP contribution in [0.3, 0.4) is 0 Å². The number of rotatable bonds is 7. The van der Waals surface area contributed by atoms with E-state index < -0.39 is 12.1 Å². The Bertz CT molecular complexity index is 1130. The summed E-state index contributed by atoms with van der Waals surface area (Å²) >= 11 is 2.18. The first-order chi connectivity index (χ1) is 15.9. The highest BCUT2D eigenvalue weighted by atomic mass is 127. The standard InChI is InChI=1S/C22H21IN4O6/c1-31-17-8-6-16(7-9-17)27-18(22(30)33-25-27)13-26-10-11-32-19(21(26)29)12-20(28)24-15-4-2-14(23)3-5-15/h2-9,19H,10-13H2,1H3,(H-,24,25,28,30). The van der Waals surface area contributed by atoms with Crippen LogP contribution in [0.4, 0.5) is 5.69 Å². The summed E-state index contributed by atoms with van der Waals surface area (Å²) in [6.45, 7) is 0.502. The Balaban J connectivity index is 1.44. The Kier molecular flexibility index (Phi) is 7.08. The van der Waals surface area contributed by atoms with E-state index in [1.807, 2.05) is 12.1 Å². The summed E-state index contributed by atoms with van der Waals surface area (Å²) in [6.07, 6.45) is -1.07. The number of methoxy groups -OCH3 is 1. The molecule has 10 nitrogen and oxygen atoms in total. The summed E-state index contributed by atoms with van der Waals surface area (Å²) in [6, 6.07) is 14.2. The maximum atomic E-state index is 13.0. The predicted molar refractivity (Wildman–Crippen MR) is 122 cm³/mol. The number of ether oxygens (including phenoxy) is 2. The van der Waals surface area contributed by atoms with Gasteiger partial charge in [-0.25, -0.2) is 0 Å². The van der Waals surface area contributed by atoms with Gasteiger partial charge < -0.3 is 29.3 Å². The van der Waals surface area contributed by atoms with E-state index in [9.17, 15) is 14.7 Å². The zero-order valence-corrected chi connectivity index (χ0v) is 19.9. The van der Waals surface area contributed by atoms with Crippen LogP contribution in [0.5, 0.6) is 11.7 Å². The smallest absolute Gasteiger partial charge is 0.259 e. The van der Waals surface area contributed by atoms with Gasteiger partial charge in [0.05, 0.1) is 25.4 Å². The molecule has 1 aliphatic rings. The van der Waals surface area contributed by atoms with Gasteiger partial charge in [-0.1, -0.05) is 0 Å². The summed E-state index contributed by atoms with van der Waals surface area (Å²) in [5, 5.41) is 18.9. The Morgan fingerprint density at radius 2 is 2.00 bits per heavy atom. The zero-order valence-electron chi connectivity index (χ0n) is 17.7. The van der Waals surface area contributed by atoms with Crippen molar-refractivity contribution in [3.05, 3.63) is 57.8 Å². The number of hydrogen-bond donors (Lipinski definition) is 1. The first-order valence-corrected chi connectivity index (χ1v) is 11.2. The summed E-state index contributed by atoms with van der Waals surface area (Å²) in [7, 11) is 1.56. The van der Waals surface area contributed by atoms with Gasteiger partial charge in [-0.15, -0.1) is 0 Å². The van der Waals surface area contributed by atoms with Crippen molar-refractivity contribution in [3.8, 4) is 17.4 Å². The molecule has 0 bridgehead atoms. The van der Waals surface area contributed by atoms with Gasteiger partial charge in [-0.05, 0) is 63.7 Å². The fourth-order valence-electron chi connectivity index (χ4n) is 3.41. The van der Waals surface area contributed by atoms with Crippen LogP contribution in [0.2, 0.25) is 0 Å². The van der Waals surface area contributed by atoms with Crippen molar-refractivity contribution in [1.29, 1.82) is 0 Å². The van der Waals surface area contributed by atoms with E-state index in [1.165, 1.54) is 9.58 Å². The topological polar surface area (TPSA) is 121 Å². The largest absolute Gasteiger partial charge is 0.539 e. The number of aromatic nitrogens is 2. The van der Waals surface area contributed by atoms with Crippen molar-refractivity contribution in [2.45, 2.75) is 19.1 Å². The lowest BCUT2D eigenvalue weighted by atomic mass is 10.1. The summed E-state index contributed by atoms with van der Waals surface area (Å²) in [5.41, 5.74) is 1.42. The number of nitrogens with one attached hydrogen (secondary N) is 1. The SMILES string of the molecule is COc1ccc(-[n+]2noc([O-])c2CN2CCOC(CC(=O)Nc3ccc(I)cc3)C2=O)cc1. The maximum Gasteiger partial charge on any atom is 0.259 e. The molecule has 1 N–H and O–H groups in total. The minimum absolute atomic E-state index is 0.0220. The van der Waals surface area contributed by atoms with Crippen LogP contribution < -0.4 is 19.8 Å². The third-order valence-electron chi connectivity index (χ3n) is 5.12. The summed E-state index contributed by atoms with van der Waals surface area (Å²) in [4.78, 5) is 26.9. The normalized spacial score (nSPS) is 16.0. The number of carbonyl (C=O) groups excluding carboxylic acids is 2. The fourth-order valence-corrected chi connectivity index (χ4v) is 3.77. The molecule has 1 unspecified atom stereocenters. The van der Waals surface area contributed by atoms with Crippen LogP contribution in [0.25, 0.3) is 5.69 Å². The second kappa shape index (κ2) is 10.2.